The van der Waals surface area contributed by atoms with E-state index in [1.54, 1.807) is 6.26 Å². The van der Waals surface area contributed by atoms with Gasteiger partial charge in [-0.2, -0.15) is 0 Å². The Morgan fingerprint density at radius 1 is 1.21 bits per heavy atom. The van der Waals surface area contributed by atoms with E-state index in [1.165, 1.54) is 17.5 Å². The number of fused-ring (bicyclic) bond motifs is 1. The van der Waals surface area contributed by atoms with Gasteiger partial charge < -0.3 is 9.84 Å². The highest BCUT2D eigenvalue weighted by Gasteiger charge is 2.34. The van der Waals surface area contributed by atoms with Crippen molar-refractivity contribution in [3.63, 3.8) is 0 Å². The summed E-state index contributed by atoms with van der Waals surface area (Å²) in [5, 5.41) is 7.43. The van der Waals surface area contributed by atoms with E-state index in [1.807, 2.05) is 7.05 Å². The van der Waals surface area contributed by atoms with Gasteiger partial charge in [-0.15, -0.1) is 0 Å². The lowest BCUT2D eigenvalue weighted by molar-refractivity contribution is 0.367. The van der Waals surface area contributed by atoms with Crippen LogP contribution in [0.3, 0.4) is 0 Å². The second-order valence-corrected chi connectivity index (χ2v) is 5.58. The third kappa shape index (κ3) is 1.93. The molecule has 0 fully saturated rings. The van der Waals surface area contributed by atoms with Gasteiger partial charge in [-0.25, -0.2) is 0 Å². The van der Waals surface area contributed by atoms with Gasteiger partial charge in [0.1, 0.15) is 12.0 Å². The fraction of sp³-hybridized carbons (Fsp3) is 0.438. The fourth-order valence-corrected chi connectivity index (χ4v) is 3.44. The number of benzene rings is 1. The van der Waals surface area contributed by atoms with Crippen LogP contribution in [0.25, 0.3) is 0 Å². The van der Waals surface area contributed by atoms with Crippen LogP contribution < -0.4 is 5.32 Å². The summed E-state index contributed by atoms with van der Waals surface area (Å²) in [5.41, 5.74) is 4.89. The molecule has 1 aliphatic rings. The average Bonchev–Trinajstić information content (AvgIpc) is 2.87. The summed E-state index contributed by atoms with van der Waals surface area (Å²) in [6, 6.07) is 8.73. The number of nitrogens with zero attached hydrogens (tertiary/aromatic N) is 1. The summed E-state index contributed by atoms with van der Waals surface area (Å²) in [5.74, 6) is 1.52. The molecule has 1 aromatic heterocycles. The Kier molecular flexibility index (Phi) is 3.05. The lowest BCUT2D eigenvalue weighted by atomic mass is 9.70. The highest BCUT2D eigenvalue weighted by Crippen LogP contribution is 2.46. The molecule has 3 atom stereocenters. The van der Waals surface area contributed by atoms with Crippen molar-refractivity contribution in [3.8, 4) is 0 Å². The van der Waals surface area contributed by atoms with Crippen LogP contribution in [-0.4, -0.2) is 12.2 Å². The van der Waals surface area contributed by atoms with Crippen LogP contribution in [0.15, 0.2) is 35.1 Å². The Hall–Kier alpha value is -1.77. The zero-order valence-corrected chi connectivity index (χ0v) is 11.7. The second kappa shape index (κ2) is 4.72. The Bertz CT molecular complexity index is 576. The van der Waals surface area contributed by atoms with Crippen molar-refractivity contribution in [2.24, 2.45) is 5.92 Å². The maximum Gasteiger partial charge on any atom is 0.147 e. The Labute approximate surface area is 114 Å². The largest absolute Gasteiger partial charge is 0.384 e. The van der Waals surface area contributed by atoms with Crippen molar-refractivity contribution in [2.45, 2.75) is 32.1 Å². The van der Waals surface area contributed by atoms with E-state index < -0.39 is 0 Å². The number of hydrogen-bond donors (Lipinski definition) is 1. The van der Waals surface area contributed by atoms with Crippen LogP contribution in [0, 0.1) is 5.92 Å². The molecule has 1 heterocycles. The van der Waals surface area contributed by atoms with Crippen LogP contribution in [0.2, 0.25) is 0 Å². The first-order chi connectivity index (χ1) is 9.22. The molecule has 0 aliphatic heterocycles. The molecular formula is C16H20N2O. The molecule has 3 heteroatoms. The highest BCUT2D eigenvalue weighted by atomic mass is 16.5. The number of aromatic nitrogens is 1. The molecule has 3 rings (SSSR count). The molecule has 0 bridgehead atoms. The minimum absolute atomic E-state index is 0.327. The van der Waals surface area contributed by atoms with E-state index in [0.717, 1.165) is 11.4 Å². The standard InChI is InChI=1S/C16H20N2O/c1-10-8-11(2)15(13-7-5-4-6-12(10)13)16-14(17-3)9-19-18-16/h4-7,9-11,15,17H,8H2,1-3H3. The van der Waals surface area contributed by atoms with Gasteiger partial charge >= 0.3 is 0 Å². The molecule has 0 saturated carbocycles. The van der Waals surface area contributed by atoms with E-state index >= 15 is 0 Å². The lowest BCUT2D eigenvalue weighted by Crippen LogP contribution is -2.22. The molecule has 0 saturated heterocycles. The van der Waals surface area contributed by atoms with E-state index in [2.05, 4.69) is 48.6 Å². The summed E-state index contributed by atoms with van der Waals surface area (Å²) >= 11 is 0. The maximum atomic E-state index is 5.17. The summed E-state index contributed by atoms with van der Waals surface area (Å²) < 4.78 is 5.17. The number of rotatable bonds is 2. The van der Waals surface area contributed by atoms with Crippen molar-refractivity contribution in [3.05, 3.63) is 47.3 Å². The number of hydrogen-bond acceptors (Lipinski definition) is 3. The number of nitrogens with one attached hydrogen (secondary N) is 1. The molecule has 1 aromatic carbocycles. The normalized spacial score (nSPS) is 25.9. The van der Waals surface area contributed by atoms with Gasteiger partial charge in [0.25, 0.3) is 0 Å². The highest BCUT2D eigenvalue weighted by molar-refractivity contribution is 5.52. The minimum Gasteiger partial charge on any atom is -0.384 e. The predicted molar refractivity (Wildman–Crippen MR) is 76.5 cm³/mol. The van der Waals surface area contributed by atoms with Crippen LogP contribution in [0.4, 0.5) is 5.69 Å². The molecule has 2 aromatic rings. The first kappa shape index (κ1) is 12.3. The minimum atomic E-state index is 0.327. The predicted octanol–water partition coefficient (Wildman–Crippen LogP) is 3.99. The third-order valence-electron chi connectivity index (χ3n) is 4.32. The molecule has 19 heavy (non-hydrogen) atoms. The Balaban J connectivity index is 2.13. The smallest absolute Gasteiger partial charge is 0.147 e. The van der Waals surface area contributed by atoms with Gasteiger partial charge in [0.15, 0.2) is 0 Å². The molecule has 1 N–H and O–H groups in total. The molecule has 0 radical (unpaired) electrons. The molecule has 3 unspecified atom stereocenters. The van der Waals surface area contributed by atoms with Crippen LogP contribution in [0.1, 0.15) is 48.9 Å². The van der Waals surface area contributed by atoms with E-state index in [-0.39, 0.29) is 0 Å². The molecule has 0 amide bonds. The SMILES string of the molecule is CNc1conc1C1c2ccccc2C(C)CC1C. The first-order valence-corrected chi connectivity index (χ1v) is 6.93. The summed E-state index contributed by atoms with van der Waals surface area (Å²) in [6.45, 7) is 4.62. The fourth-order valence-electron chi connectivity index (χ4n) is 3.44. The van der Waals surface area contributed by atoms with Gasteiger partial charge in [-0.1, -0.05) is 43.3 Å². The van der Waals surface area contributed by atoms with E-state index in [4.69, 9.17) is 4.52 Å². The monoisotopic (exact) mass is 256 g/mol. The maximum absolute atomic E-state index is 5.17. The quantitative estimate of drug-likeness (QED) is 0.882. The van der Waals surface area contributed by atoms with Gasteiger partial charge in [0.2, 0.25) is 0 Å². The summed E-state index contributed by atoms with van der Waals surface area (Å²) in [6.07, 6.45) is 2.89. The van der Waals surface area contributed by atoms with E-state index in [9.17, 15) is 0 Å². The Morgan fingerprint density at radius 3 is 2.68 bits per heavy atom. The zero-order chi connectivity index (χ0) is 13.4. The summed E-state index contributed by atoms with van der Waals surface area (Å²) in [4.78, 5) is 0. The average molecular weight is 256 g/mol. The van der Waals surface area contributed by atoms with Crippen molar-refractivity contribution in [1.82, 2.24) is 5.16 Å². The molecule has 0 spiro atoms. The van der Waals surface area contributed by atoms with Crippen LogP contribution in [0.5, 0.6) is 0 Å². The van der Waals surface area contributed by atoms with Gasteiger partial charge in [0.05, 0.1) is 5.69 Å². The first-order valence-electron chi connectivity index (χ1n) is 6.93. The molecule has 1 aliphatic carbocycles. The van der Waals surface area contributed by atoms with Crippen molar-refractivity contribution in [1.29, 1.82) is 0 Å². The third-order valence-corrected chi connectivity index (χ3v) is 4.32. The van der Waals surface area contributed by atoms with Crippen LogP contribution >= 0.6 is 0 Å². The van der Waals surface area contributed by atoms with Crippen molar-refractivity contribution in [2.75, 3.05) is 12.4 Å². The summed E-state index contributed by atoms with van der Waals surface area (Å²) in [7, 11) is 1.91. The zero-order valence-electron chi connectivity index (χ0n) is 11.7. The van der Waals surface area contributed by atoms with Gasteiger partial charge in [-0.05, 0) is 29.4 Å². The van der Waals surface area contributed by atoms with Crippen molar-refractivity contribution < 1.29 is 4.52 Å². The molecule has 100 valence electrons. The molecule has 3 nitrogen and oxygen atoms in total. The topological polar surface area (TPSA) is 38.1 Å². The number of anilines is 1. The second-order valence-electron chi connectivity index (χ2n) is 5.58. The van der Waals surface area contributed by atoms with Crippen molar-refractivity contribution >= 4 is 5.69 Å². The van der Waals surface area contributed by atoms with E-state index in [0.29, 0.717) is 17.8 Å². The van der Waals surface area contributed by atoms with Gasteiger partial charge in [0, 0.05) is 13.0 Å². The van der Waals surface area contributed by atoms with Gasteiger partial charge in [-0.3, -0.25) is 0 Å². The lowest BCUT2D eigenvalue weighted by Gasteiger charge is -2.34. The van der Waals surface area contributed by atoms with Crippen LogP contribution in [-0.2, 0) is 0 Å². The molecular weight excluding hydrogens is 236 g/mol. The Morgan fingerprint density at radius 2 is 1.95 bits per heavy atom.